The maximum Gasteiger partial charge on any atom is 0.287 e. The van der Waals surface area contributed by atoms with Crippen LogP contribution in [0, 0.1) is 21.4 Å². The van der Waals surface area contributed by atoms with Crippen LogP contribution in [0.2, 0.25) is 0 Å². The summed E-state index contributed by atoms with van der Waals surface area (Å²) in [6.07, 6.45) is 5.43. The molecule has 1 saturated carbocycles. The molecule has 0 heterocycles. The van der Waals surface area contributed by atoms with Crippen LogP contribution in [-0.2, 0) is 0 Å². The van der Waals surface area contributed by atoms with E-state index in [4.69, 9.17) is 11.0 Å². The van der Waals surface area contributed by atoms with E-state index in [2.05, 4.69) is 5.32 Å². The first kappa shape index (κ1) is 14.3. The van der Waals surface area contributed by atoms with Gasteiger partial charge in [-0.05, 0) is 25.0 Å². The van der Waals surface area contributed by atoms with Gasteiger partial charge in [-0.2, -0.15) is 5.26 Å². The normalized spacial score (nSPS) is 22.6. The number of benzene rings is 1. The van der Waals surface area contributed by atoms with Crippen molar-refractivity contribution in [2.75, 3.05) is 5.32 Å². The lowest BCUT2D eigenvalue weighted by molar-refractivity contribution is -0.385. The zero-order chi connectivity index (χ0) is 14.5. The summed E-state index contributed by atoms with van der Waals surface area (Å²) in [5.41, 5.74) is 6.76. The van der Waals surface area contributed by atoms with E-state index in [1.54, 1.807) is 6.07 Å². The number of nitro groups is 1. The minimum absolute atomic E-state index is 0.0715. The highest BCUT2D eigenvalue weighted by Crippen LogP contribution is 2.25. The van der Waals surface area contributed by atoms with Gasteiger partial charge in [0.15, 0.2) is 0 Å². The third-order valence-corrected chi connectivity index (χ3v) is 3.74. The number of nitrogens with zero attached hydrogens (tertiary/aromatic N) is 2. The molecule has 2 atom stereocenters. The molecule has 0 saturated heterocycles. The molecule has 0 aromatic heterocycles. The van der Waals surface area contributed by atoms with E-state index in [1.165, 1.54) is 18.6 Å². The van der Waals surface area contributed by atoms with Crippen LogP contribution in [-0.4, -0.2) is 17.0 Å². The molecule has 0 bridgehead atoms. The van der Waals surface area contributed by atoms with Crippen molar-refractivity contribution in [2.24, 2.45) is 5.73 Å². The second-order valence-corrected chi connectivity index (χ2v) is 5.15. The van der Waals surface area contributed by atoms with Crippen LogP contribution in [0.25, 0.3) is 0 Å². The monoisotopic (exact) mass is 274 g/mol. The molecule has 20 heavy (non-hydrogen) atoms. The maximum atomic E-state index is 10.8. The van der Waals surface area contributed by atoms with Crippen molar-refractivity contribution >= 4 is 11.4 Å². The molecule has 1 fully saturated rings. The molecule has 0 amide bonds. The van der Waals surface area contributed by atoms with Gasteiger partial charge in [0.1, 0.15) is 11.6 Å². The molecule has 0 spiro atoms. The summed E-state index contributed by atoms with van der Waals surface area (Å²) in [7, 11) is 0. The molecule has 0 aliphatic heterocycles. The highest BCUT2D eigenvalue weighted by molar-refractivity contribution is 5.59. The van der Waals surface area contributed by atoms with Crippen LogP contribution < -0.4 is 11.1 Å². The smallest absolute Gasteiger partial charge is 0.287 e. The van der Waals surface area contributed by atoms with E-state index in [0.717, 1.165) is 31.4 Å². The molecule has 3 N–H and O–H groups in total. The van der Waals surface area contributed by atoms with Crippen molar-refractivity contribution < 1.29 is 4.92 Å². The average molecular weight is 274 g/mol. The third-order valence-electron chi connectivity index (χ3n) is 3.74. The second-order valence-electron chi connectivity index (χ2n) is 5.15. The van der Waals surface area contributed by atoms with Gasteiger partial charge in [0.05, 0.1) is 4.92 Å². The molecule has 1 aliphatic rings. The van der Waals surface area contributed by atoms with Gasteiger partial charge in [0, 0.05) is 23.8 Å². The fourth-order valence-corrected chi connectivity index (χ4v) is 2.60. The molecule has 6 nitrogen and oxygen atoms in total. The van der Waals surface area contributed by atoms with Crippen LogP contribution in [0.3, 0.4) is 0 Å². The minimum Gasteiger partial charge on any atom is -0.381 e. The van der Waals surface area contributed by atoms with Gasteiger partial charge in [0.2, 0.25) is 0 Å². The van der Waals surface area contributed by atoms with Crippen LogP contribution in [0.4, 0.5) is 11.4 Å². The summed E-state index contributed by atoms with van der Waals surface area (Å²) in [5, 5.41) is 23.1. The van der Waals surface area contributed by atoms with Gasteiger partial charge < -0.3 is 11.1 Å². The molecule has 1 aliphatic carbocycles. The highest BCUT2D eigenvalue weighted by atomic mass is 16.6. The maximum absolute atomic E-state index is 10.8. The summed E-state index contributed by atoms with van der Waals surface area (Å²) in [4.78, 5) is 10.3. The van der Waals surface area contributed by atoms with Crippen molar-refractivity contribution in [3.63, 3.8) is 0 Å². The Kier molecular flexibility index (Phi) is 4.53. The van der Waals surface area contributed by atoms with Gasteiger partial charge in [-0.25, -0.2) is 0 Å². The predicted molar refractivity (Wildman–Crippen MR) is 76.3 cm³/mol. The Labute approximate surface area is 117 Å². The second kappa shape index (κ2) is 6.35. The van der Waals surface area contributed by atoms with Gasteiger partial charge >= 0.3 is 0 Å². The zero-order valence-corrected chi connectivity index (χ0v) is 11.2. The SMILES string of the molecule is N#Cc1cc(NC2CCCCCC2N)ccc1[N+](=O)[O-]. The Hall–Kier alpha value is -2.13. The number of nitrogens with two attached hydrogens (primary N) is 1. The van der Waals surface area contributed by atoms with Crippen LogP contribution in [0.5, 0.6) is 0 Å². The average Bonchev–Trinajstić information content (AvgIpc) is 2.64. The largest absolute Gasteiger partial charge is 0.381 e. The Morgan fingerprint density at radius 1 is 1.35 bits per heavy atom. The molecular formula is C14H18N4O2. The van der Waals surface area contributed by atoms with E-state index in [0.29, 0.717) is 0 Å². The van der Waals surface area contributed by atoms with E-state index >= 15 is 0 Å². The van der Waals surface area contributed by atoms with Crippen LogP contribution in [0.15, 0.2) is 18.2 Å². The topological polar surface area (TPSA) is 105 Å². The minimum atomic E-state index is -0.542. The van der Waals surface area contributed by atoms with Crippen molar-refractivity contribution in [1.29, 1.82) is 5.26 Å². The quantitative estimate of drug-likeness (QED) is 0.500. The summed E-state index contributed by atoms with van der Waals surface area (Å²) in [6.45, 7) is 0. The van der Waals surface area contributed by atoms with E-state index in [9.17, 15) is 10.1 Å². The zero-order valence-electron chi connectivity index (χ0n) is 11.2. The number of nitriles is 1. The fourth-order valence-electron chi connectivity index (χ4n) is 2.60. The first-order chi connectivity index (χ1) is 9.61. The standard InChI is InChI=1S/C14H18N4O2/c15-9-10-8-11(6-7-14(10)18(19)20)17-13-5-3-1-2-4-12(13)16/h6-8,12-13,17H,1-5,16H2. The first-order valence-electron chi connectivity index (χ1n) is 6.82. The molecule has 2 unspecified atom stereocenters. The van der Waals surface area contributed by atoms with Gasteiger partial charge in [-0.1, -0.05) is 19.3 Å². The molecular weight excluding hydrogens is 256 g/mol. The van der Waals surface area contributed by atoms with Crippen molar-refractivity contribution in [2.45, 2.75) is 44.2 Å². The fraction of sp³-hybridized carbons (Fsp3) is 0.500. The van der Waals surface area contributed by atoms with E-state index in [1.807, 2.05) is 6.07 Å². The summed E-state index contributed by atoms with van der Waals surface area (Å²) in [5.74, 6) is 0. The number of hydrogen-bond donors (Lipinski definition) is 2. The summed E-state index contributed by atoms with van der Waals surface area (Å²) in [6, 6.07) is 6.63. The Morgan fingerprint density at radius 3 is 2.80 bits per heavy atom. The van der Waals surface area contributed by atoms with Crippen molar-refractivity contribution in [3.05, 3.63) is 33.9 Å². The lowest BCUT2D eigenvalue weighted by Gasteiger charge is -2.23. The van der Waals surface area contributed by atoms with Gasteiger partial charge in [-0.3, -0.25) is 10.1 Å². The van der Waals surface area contributed by atoms with Crippen LogP contribution in [0.1, 0.15) is 37.7 Å². The molecule has 2 rings (SSSR count). The van der Waals surface area contributed by atoms with Crippen LogP contribution >= 0.6 is 0 Å². The van der Waals surface area contributed by atoms with Gasteiger partial charge in [0.25, 0.3) is 5.69 Å². The Morgan fingerprint density at radius 2 is 2.10 bits per heavy atom. The first-order valence-corrected chi connectivity index (χ1v) is 6.82. The van der Waals surface area contributed by atoms with E-state index < -0.39 is 4.92 Å². The third kappa shape index (κ3) is 3.25. The van der Waals surface area contributed by atoms with Gasteiger partial charge in [-0.15, -0.1) is 0 Å². The lowest BCUT2D eigenvalue weighted by Crippen LogP contribution is -2.39. The number of rotatable bonds is 3. The van der Waals surface area contributed by atoms with E-state index in [-0.39, 0.29) is 23.3 Å². The molecule has 106 valence electrons. The lowest BCUT2D eigenvalue weighted by atomic mass is 10.0. The number of anilines is 1. The summed E-state index contributed by atoms with van der Waals surface area (Å²) < 4.78 is 0. The number of nitrogens with one attached hydrogen (secondary N) is 1. The number of hydrogen-bond acceptors (Lipinski definition) is 5. The molecule has 6 heteroatoms. The Balaban J connectivity index is 2.17. The summed E-state index contributed by atoms with van der Waals surface area (Å²) >= 11 is 0. The predicted octanol–water partition coefficient (Wildman–Crippen LogP) is 2.54. The molecule has 1 aromatic carbocycles. The molecule has 0 radical (unpaired) electrons. The number of nitro benzene ring substituents is 1. The molecule has 1 aromatic rings. The Bertz CT molecular complexity index is 538. The van der Waals surface area contributed by atoms with Crippen molar-refractivity contribution in [3.8, 4) is 6.07 Å². The van der Waals surface area contributed by atoms with Crippen molar-refractivity contribution in [1.82, 2.24) is 0 Å². The highest BCUT2D eigenvalue weighted by Gasteiger charge is 2.21.